The lowest BCUT2D eigenvalue weighted by Gasteiger charge is -2.16. The summed E-state index contributed by atoms with van der Waals surface area (Å²) in [5.74, 6) is 0. The Morgan fingerprint density at radius 1 is 1.00 bits per heavy atom. The summed E-state index contributed by atoms with van der Waals surface area (Å²) in [4.78, 5) is 0. The van der Waals surface area contributed by atoms with Crippen molar-refractivity contribution in [2.75, 3.05) is 19.6 Å². The van der Waals surface area contributed by atoms with Crippen LogP contribution in [0.15, 0.2) is 0 Å². The van der Waals surface area contributed by atoms with E-state index in [2.05, 4.69) is 14.8 Å². The van der Waals surface area contributed by atoms with Crippen molar-refractivity contribution in [3.8, 4) is 0 Å². The quantitative estimate of drug-likeness (QED) is 0.488. The van der Waals surface area contributed by atoms with Crippen LogP contribution >= 0.6 is 12.4 Å². The fourth-order valence-corrected chi connectivity index (χ4v) is 3.04. The molecule has 0 radical (unpaired) electrons. The van der Waals surface area contributed by atoms with Crippen molar-refractivity contribution in [2.45, 2.75) is 51.5 Å². The van der Waals surface area contributed by atoms with Crippen molar-refractivity contribution in [1.29, 1.82) is 0 Å². The van der Waals surface area contributed by atoms with Gasteiger partial charge in [0.05, 0.1) is 0 Å². The van der Waals surface area contributed by atoms with E-state index in [1.165, 1.54) is 38.5 Å². The van der Waals surface area contributed by atoms with E-state index >= 15 is 0 Å². The van der Waals surface area contributed by atoms with Gasteiger partial charge in [0.2, 0.25) is 0 Å². The van der Waals surface area contributed by atoms with Crippen molar-refractivity contribution in [3.63, 3.8) is 0 Å². The molecule has 1 rings (SSSR count). The molecule has 0 aliphatic heterocycles. The van der Waals surface area contributed by atoms with Crippen LogP contribution in [-0.4, -0.2) is 34.1 Å². The summed E-state index contributed by atoms with van der Waals surface area (Å²) in [6.07, 6.45) is 7.71. The first kappa shape index (κ1) is 18.1. The first-order chi connectivity index (χ1) is 8.14. The second-order valence-corrected chi connectivity index (χ2v) is 6.12. The Labute approximate surface area is 117 Å². The Bertz CT molecular complexity index is 291. The standard InChI is InChI=1S/C11H25N3O2S.ClH/c1-2-13-17(15,16)14-10-9-12-11-7-5-3-4-6-8-11;/h11-14H,2-10H2,1H3;1H. The third kappa shape index (κ3) is 8.26. The van der Waals surface area contributed by atoms with E-state index in [9.17, 15) is 8.42 Å². The van der Waals surface area contributed by atoms with Crippen molar-refractivity contribution in [1.82, 2.24) is 14.8 Å². The molecule has 0 aromatic heterocycles. The maximum absolute atomic E-state index is 11.3. The van der Waals surface area contributed by atoms with Gasteiger partial charge in [-0.05, 0) is 12.8 Å². The summed E-state index contributed by atoms with van der Waals surface area (Å²) in [6.45, 7) is 3.34. The molecule has 1 fully saturated rings. The molecule has 1 aliphatic carbocycles. The highest BCUT2D eigenvalue weighted by molar-refractivity contribution is 7.87. The molecule has 0 heterocycles. The summed E-state index contributed by atoms with van der Waals surface area (Å²) >= 11 is 0. The van der Waals surface area contributed by atoms with E-state index in [1.807, 2.05) is 0 Å². The summed E-state index contributed by atoms with van der Waals surface area (Å²) in [5.41, 5.74) is 0. The van der Waals surface area contributed by atoms with Gasteiger partial charge in [-0.3, -0.25) is 0 Å². The second-order valence-electron chi connectivity index (χ2n) is 4.54. The molecule has 0 unspecified atom stereocenters. The molecule has 1 saturated carbocycles. The molecule has 0 aromatic carbocycles. The van der Waals surface area contributed by atoms with Crippen LogP contribution in [0.25, 0.3) is 0 Å². The van der Waals surface area contributed by atoms with Crippen LogP contribution in [0.1, 0.15) is 45.4 Å². The molecule has 7 heteroatoms. The number of rotatable bonds is 7. The molecular formula is C11H26ClN3O2S. The minimum atomic E-state index is -3.28. The monoisotopic (exact) mass is 299 g/mol. The van der Waals surface area contributed by atoms with Crippen LogP contribution in [0.2, 0.25) is 0 Å². The molecule has 0 aromatic rings. The predicted molar refractivity (Wildman–Crippen MR) is 77.3 cm³/mol. The summed E-state index contributed by atoms with van der Waals surface area (Å²) in [6, 6.07) is 0.570. The topological polar surface area (TPSA) is 70.2 Å². The molecule has 0 saturated heterocycles. The smallest absolute Gasteiger partial charge is 0.276 e. The zero-order valence-corrected chi connectivity index (χ0v) is 12.7. The first-order valence-corrected chi connectivity index (χ1v) is 8.10. The van der Waals surface area contributed by atoms with Crippen molar-refractivity contribution >= 4 is 22.6 Å². The summed E-state index contributed by atoms with van der Waals surface area (Å²) in [5, 5.41) is 3.42. The van der Waals surface area contributed by atoms with E-state index in [1.54, 1.807) is 6.92 Å². The Morgan fingerprint density at radius 2 is 1.61 bits per heavy atom. The van der Waals surface area contributed by atoms with Gasteiger partial charge in [-0.25, -0.2) is 9.44 Å². The third-order valence-electron chi connectivity index (χ3n) is 3.04. The Balaban J connectivity index is 0.00000289. The van der Waals surface area contributed by atoms with Crippen LogP contribution in [0.5, 0.6) is 0 Å². The van der Waals surface area contributed by atoms with Crippen molar-refractivity contribution in [2.24, 2.45) is 0 Å². The highest BCUT2D eigenvalue weighted by Crippen LogP contribution is 2.16. The third-order valence-corrected chi connectivity index (χ3v) is 4.29. The Morgan fingerprint density at radius 3 is 2.17 bits per heavy atom. The minimum Gasteiger partial charge on any atom is -0.313 e. The summed E-state index contributed by atoms with van der Waals surface area (Å²) in [7, 11) is -3.28. The maximum atomic E-state index is 11.3. The molecule has 0 bridgehead atoms. The second kappa shape index (κ2) is 9.97. The molecule has 0 spiro atoms. The van der Waals surface area contributed by atoms with Crippen LogP contribution in [0, 0.1) is 0 Å². The van der Waals surface area contributed by atoms with Gasteiger partial charge in [-0.1, -0.05) is 32.6 Å². The van der Waals surface area contributed by atoms with Crippen molar-refractivity contribution < 1.29 is 8.42 Å². The van der Waals surface area contributed by atoms with Gasteiger partial charge in [0, 0.05) is 25.7 Å². The van der Waals surface area contributed by atoms with Gasteiger partial charge in [0.15, 0.2) is 0 Å². The fourth-order valence-electron chi connectivity index (χ4n) is 2.19. The van der Waals surface area contributed by atoms with E-state index in [-0.39, 0.29) is 12.4 Å². The molecule has 3 N–H and O–H groups in total. The Hall–Kier alpha value is 0.120. The number of halogens is 1. The van der Waals surface area contributed by atoms with Crippen LogP contribution in [-0.2, 0) is 10.2 Å². The lowest BCUT2D eigenvalue weighted by atomic mass is 10.1. The Kier molecular flexibility index (Phi) is 10.0. The van der Waals surface area contributed by atoms with E-state index in [0.717, 1.165) is 0 Å². The molecule has 0 atom stereocenters. The maximum Gasteiger partial charge on any atom is 0.276 e. The van der Waals surface area contributed by atoms with E-state index in [0.29, 0.717) is 25.7 Å². The minimum absolute atomic E-state index is 0. The average molecular weight is 300 g/mol. The van der Waals surface area contributed by atoms with Gasteiger partial charge in [-0.15, -0.1) is 12.4 Å². The number of nitrogens with one attached hydrogen (secondary N) is 3. The molecule has 5 nitrogen and oxygen atoms in total. The SMILES string of the molecule is CCNS(=O)(=O)NCCNC1CCCCCC1.Cl. The number of hydrogen-bond donors (Lipinski definition) is 3. The van der Waals surface area contributed by atoms with Gasteiger partial charge in [0.25, 0.3) is 10.2 Å². The first-order valence-electron chi connectivity index (χ1n) is 6.61. The fraction of sp³-hybridized carbons (Fsp3) is 1.00. The summed E-state index contributed by atoms with van der Waals surface area (Å²) < 4.78 is 27.5. The molecule has 110 valence electrons. The largest absolute Gasteiger partial charge is 0.313 e. The normalized spacial score (nSPS) is 18.1. The number of hydrogen-bond acceptors (Lipinski definition) is 3. The highest BCUT2D eigenvalue weighted by Gasteiger charge is 2.11. The lowest BCUT2D eigenvalue weighted by molar-refractivity contribution is 0.461. The molecule has 0 amide bonds. The van der Waals surface area contributed by atoms with Gasteiger partial charge >= 0.3 is 0 Å². The van der Waals surface area contributed by atoms with Gasteiger partial charge in [0.1, 0.15) is 0 Å². The molecule has 18 heavy (non-hydrogen) atoms. The zero-order valence-electron chi connectivity index (χ0n) is 11.1. The van der Waals surface area contributed by atoms with Gasteiger partial charge in [-0.2, -0.15) is 8.42 Å². The predicted octanol–water partition coefficient (Wildman–Crippen LogP) is 1.16. The van der Waals surface area contributed by atoms with Crippen LogP contribution in [0.3, 0.4) is 0 Å². The van der Waals surface area contributed by atoms with Gasteiger partial charge < -0.3 is 5.32 Å². The van der Waals surface area contributed by atoms with E-state index in [4.69, 9.17) is 0 Å². The average Bonchev–Trinajstić information content (AvgIpc) is 2.53. The molecule has 1 aliphatic rings. The van der Waals surface area contributed by atoms with Crippen molar-refractivity contribution in [3.05, 3.63) is 0 Å². The van der Waals surface area contributed by atoms with Crippen LogP contribution in [0.4, 0.5) is 0 Å². The van der Waals surface area contributed by atoms with E-state index < -0.39 is 10.2 Å². The highest BCUT2D eigenvalue weighted by atomic mass is 35.5. The lowest BCUT2D eigenvalue weighted by Crippen LogP contribution is -2.41. The molecular weight excluding hydrogens is 274 g/mol. The van der Waals surface area contributed by atoms with Crippen LogP contribution < -0.4 is 14.8 Å². The zero-order chi connectivity index (χ0) is 12.6.